The molecule has 0 spiro atoms. The number of benzene rings is 1. The second-order valence-corrected chi connectivity index (χ2v) is 7.78. The van der Waals surface area contributed by atoms with E-state index in [0.29, 0.717) is 29.4 Å². The number of rotatable bonds is 6. The van der Waals surface area contributed by atoms with E-state index in [9.17, 15) is 5.26 Å². The van der Waals surface area contributed by atoms with E-state index in [4.69, 9.17) is 11.6 Å². The molecule has 0 amide bonds. The van der Waals surface area contributed by atoms with Crippen molar-refractivity contribution in [1.29, 1.82) is 5.26 Å². The van der Waals surface area contributed by atoms with Gasteiger partial charge < -0.3 is 5.32 Å². The lowest BCUT2D eigenvalue weighted by Gasteiger charge is -2.02. The molecule has 1 aromatic carbocycles. The molecule has 3 aromatic heterocycles. The molecule has 5 nitrogen and oxygen atoms in total. The van der Waals surface area contributed by atoms with Gasteiger partial charge in [0, 0.05) is 22.5 Å². The second-order valence-electron chi connectivity index (χ2n) is 6.18. The van der Waals surface area contributed by atoms with E-state index in [1.54, 1.807) is 17.5 Å². The normalized spacial score (nSPS) is 10.6. The highest BCUT2D eigenvalue weighted by Gasteiger charge is 2.14. The Kier molecular flexibility index (Phi) is 5.38. The van der Waals surface area contributed by atoms with Gasteiger partial charge in [0.15, 0.2) is 5.82 Å². The van der Waals surface area contributed by atoms with E-state index in [1.807, 2.05) is 42.5 Å². The maximum absolute atomic E-state index is 9.59. The van der Waals surface area contributed by atoms with Crippen molar-refractivity contribution < 1.29 is 0 Å². The summed E-state index contributed by atoms with van der Waals surface area (Å²) in [7, 11) is 0. The number of aromatic amines is 1. The Morgan fingerprint density at radius 2 is 2.07 bits per heavy atom. The minimum absolute atomic E-state index is 0.529. The van der Waals surface area contributed by atoms with Gasteiger partial charge in [-0.15, -0.1) is 11.3 Å². The largest absolute Gasteiger partial charge is 0.363 e. The van der Waals surface area contributed by atoms with Crippen molar-refractivity contribution in [1.82, 2.24) is 15.2 Å². The van der Waals surface area contributed by atoms with Gasteiger partial charge in [0.25, 0.3) is 0 Å². The zero-order valence-corrected chi connectivity index (χ0v) is 16.4. The third kappa shape index (κ3) is 4.06. The van der Waals surface area contributed by atoms with Gasteiger partial charge in [-0.3, -0.25) is 10.1 Å². The van der Waals surface area contributed by atoms with Crippen LogP contribution in [0.4, 0.5) is 5.82 Å². The highest BCUT2D eigenvalue weighted by atomic mass is 35.5. The minimum Gasteiger partial charge on any atom is -0.363 e. The van der Waals surface area contributed by atoms with Crippen LogP contribution in [0.5, 0.6) is 0 Å². The van der Waals surface area contributed by atoms with Crippen molar-refractivity contribution in [2.75, 3.05) is 5.32 Å². The number of hydrogen-bond acceptors (Lipinski definition) is 5. The molecule has 0 radical (unpaired) electrons. The molecule has 0 fully saturated rings. The Bertz CT molecular complexity index is 1130. The first kappa shape index (κ1) is 18.2. The molecule has 7 heteroatoms. The Balaban J connectivity index is 1.46. The summed E-state index contributed by atoms with van der Waals surface area (Å²) < 4.78 is 0. The average molecular weight is 406 g/mol. The molecular weight excluding hydrogens is 390 g/mol. The predicted octanol–water partition coefficient (Wildman–Crippen LogP) is 5.26. The molecule has 0 aliphatic heterocycles. The van der Waals surface area contributed by atoms with Crippen molar-refractivity contribution in [3.8, 4) is 16.6 Å². The van der Waals surface area contributed by atoms with Crippen LogP contribution < -0.4 is 5.32 Å². The van der Waals surface area contributed by atoms with Crippen LogP contribution >= 0.6 is 22.9 Å². The number of nitriles is 1. The van der Waals surface area contributed by atoms with Crippen molar-refractivity contribution in [3.05, 3.63) is 87.5 Å². The third-order valence-electron chi connectivity index (χ3n) is 4.23. The molecule has 138 valence electrons. The number of thiophene rings is 1. The lowest BCUT2D eigenvalue weighted by molar-refractivity contribution is 0.989. The van der Waals surface area contributed by atoms with Crippen molar-refractivity contribution in [2.45, 2.75) is 13.0 Å². The minimum atomic E-state index is 0.529. The number of aromatic nitrogens is 3. The number of nitrogens with zero attached hydrogens (tertiary/aromatic N) is 3. The Morgan fingerprint density at radius 3 is 2.86 bits per heavy atom. The smallest absolute Gasteiger partial charge is 0.166 e. The van der Waals surface area contributed by atoms with Crippen LogP contribution in [0.25, 0.3) is 10.6 Å². The first-order valence-corrected chi connectivity index (χ1v) is 9.88. The molecular formula is C21H16ClN5S. The fourth-order valence-corrected chi connectivity index (χ4v) is 4.03. The fourth-order valence-electron chi connectivity index (χ4n) is 2.90. The summed E-state index contributed by atoms with van der Waals surface area (Å²) in [6, 6.07) is 19.8. The monoisotopic (exact) mass is 405 g/mol. The number of nitrogens with one attached hydrogen (secondary N) is 2. The van der Waals surface area contributed by atoms with Gasteiger partial charge >= 0.3 is 0 Å². The van der Waals surface area contributed by atoms with Gasteiger partial charge in [-0.25, -0.2) is 0 Å². The maximum atomic E-state index is 9.59. The van der Waals surface area contributed by atoms with Gasteiger partial charge in [-0.1, -0.05) is 29.8 Å². The van der Waals surface area contributed by atoms with E-state index in [2.05, 4.69) is 38.7 Å². The van der Waals surface area contributed by atoms with E-state index >= 15 is 0 Å². The number of H-pyrrole nitrogens is 1. The summed E-state index contributed by atoms with van der Waals surface area (Å²) in [5, 5.41) is 20.8. The molecule has 0 unspecified atom stereocenters. The van der Waals surface area contributed by atoms with Crippen LogP contribution in [0.2, 0.25) is 5.02 Å². The Morgan fingerprint density at radius 1 is 1.14 bits per heavy atom. The molecule has 0 saturated carbocycles. The van der Waals surface area contributed by atoms with Gasteiger partial charge in [0.2, 0.25) is 0 Å². The average Bonchev–Trinajstić information content (AvgIpc) is 3.34. The molecule has 4 aromatic rings. The van der Waals surface area contributed by atoms with E-state index in [1.165, 1.54) is 0 Å². The molecule has 4 rings (SSSR count). The van der Waals surface area contributed by atoms with E-state index < -0.39 is 0 Å². The van der Waals surface area contributed by atoms with Gasteiger partial charge in [0.1, 0.15) is 11.6 Å². The first-order valence-electron chi connectivity index (χ1n) is 8.68. The lowest BCUT2D eigenvalue weighted by atomic mass is 10.1. The number of halogens is 1. The number of hydrogen-bond donors (Lipinski definition) is 2. The highest BCUT2D eigenvalue weighted by molar-refractivity contribution is 7.15. The molecule has 3 heterocycles. The summed E-state index contributed by atoms with van der Waals surface area (Å²) in [4.78, 5) is 6.63. The first-order chi connectivity index (χ1) is 13.7. The molecule has 0 aliphatic carbocycles. The summed E-state index contributed by atoms with van der Waals surface area (Å²) >= 11 is 7.72. The molecule has 2 N–H and O–H groups in total. The summed E-state index contributed by atoms with van der Waals surface area (Å²) in [6.07, 6.45) is 2.36. The molecule has 0 bridgehead atoms. The molecule has 0 saturated heterocycles. The Labute approximate surface area is 171 Å². The summed E-state index contributed by atoms with van der Waals surface area (Å²) in [5.74, 6) is 0.562. The zero-order chi connectivity index (χ0) is 19.3. The van der Waals surface area contributed by atoms with Crippen LogP contribution in [-0.4, -0.2) is 15.2 Å². The molecule has 28 heavy (non-hydrogen) atoms. The zero-order valence-electron chi connectivity index (χ0n) is 14.8. The standard InChI is InChI=1S/C21H16ClN5S/c22-15-5-3-4-14(10-15)11-19-17(12-23)21(27-26-19)25-13-16-7-8-20(28-16)18-6-1-2-9-24-18/h1-10H,11,13H2,(H2,25,26,27). The van der Waals surface area contributed by atoms with E-state index in [0.717, 1.165) is 26.7 Å². The molecule has 0 atom stereocenters. The highest BCUT2D eigenvalue weighted by Crippen LogP contribution is 2.27. The quantitative estimate of drug-likeness (QED) is 0.458. The topological polar surface area (TPSA) is 77.4 Å². The van der Waals surface area contributed by atoms with Crippen molar-refractivity contribution >= 4 is 28.8 Å². The summed E-state index contributed by atoms with van der Waals surface area (Å²) in [6.45, 7) is 0.591. The second kappa shape index (κ2) is 8.26. The SMILES string of the molecule is N#Cc1c(NCc2ccc(-c3ccccn3)s2)n[nH]c1Cc1cccc(Cl)c1. The van der Waals surface area contributed by atoms with Crippen molar-refractivity contribution in [3.63, 3.8) is 0 Å². The third-order valence-corrected chi connectivity index (χ3v) is 5.57. The predicted molar refractivity (Wildman–Crippen MR) is 112 cm³/mol. The van der Waals surface area contributed by atoms with Gasteiger partial charge in [-0.05, 0) is 42.0 Å². The molecule has 0 aliphatic rings. The maximum Gasteiger partial charge on any atom is 0.166 e. The van der Waals surface area contributed by atoms with Crippen LogP contribution in [0.15, 0.2) is 60.8 Å². The van der Waals surface area contributed by atoms with E-state index in [-0.39, 0.29) is 0 Å². The summed E-state index contributed by atoms with van der Waals surface area (Å²) in [5.41, 5.74) is 3.28. The fraction of sp³-hybridized carbons (Fsp3) is 0.0952. The number of anilines is 1. The van der Waals surface area contributed by atoms with Crippen LogP contribution in [-0.2, 0) is 13.0 Å². The van der Waals surface area contributed by atoms with Gasteiger partial charge in [0.05, 0.1) is 22.8 Å². The Hall–Kier alpha value is -3.14. The van der Waals surface area contributed by atoms with Crippen LogP contribution in [0.3, 0.4) is 0 Å². The van der Waals surface area contributed by atoms with Crippen molar-refractivity contribution in [2.24, 2.45) is 0 Å². The number of pyridine rings is 1. The lowest BCUT2D eigenvalue weighted by Crippen LogP contribution is -2.00. The van der Waals surface area contributed by atoms with Gasteiger partial charge in [-0.2, -0.15) is 10.4 Å². The van der Waals surface area contributed by atoms with Crippen LogP contribution in [0.1, 0.15) is 21.7 Å². The van der Waals surface area contributed by atoms with Crippen LogP contribution in [0, 0.1) is 11.3 Å².